The molecule has 1 aliphatic rings. The van der Waals surface area contributed by atoms with Crippen molar-refractivity contribution in [2.75, 3.05) is 6.54 Å². The van der Waals surface area contributed by atoms with Crippen molar-refractivity contribution in [3.63, 3.8) is 0 Å². The molecule has 1 atom stereocenters. The zero-order valence-electron chi connectivity index (χ0n) is 10.0. The third-order valence-electron chi connectivity index (χ3n) is 3.55. The van der Waals surface area contributed by atoms with Crippen LogP contribution in [0.4, 0.5) is 0 Å². The maximum Gasteiger partial charge on any atom is 0.225 e. The average molecular weight is 212 g/mol. The van der Waals surface area contributed by atoms with Crippen molar-refractivity contribution in [1.29, 1.82) is 0 Å². The van der Waals surface area contributed by atoms with Crippen LogP contribution < -0.4 is 11.1 Å². The third kappa shape index (κ3) is 3.49. The molecule has 15 heavy (non-hydrogen) atoms. The van der Waals surface area contributed by atoms with Gasteiger partial charge >= 0.3 is 0 Å². The highest BCUT2D eigenvalue weighted by molar-refractivity contribution is 5.82. The van der Waals surface area contributed by atoms with Gasteiger partial charge in [0.05, 0.1) is 0 Å². The van der Waals surface area contributed by atoms with Gasteiger partial charge in [-0.25, -0.2) is 0 Å². The molecule has 0 radical (unpaired) electrons. The summed E-state index contributed by atoms with van der Waals surface area (Å²) in [6, 6.07) is 0.0983. The topological polar surface area (TPSA) is 55.1 Å². The van der Waals surface area contributed by atoms with Gasteiger partial charge in [0.2, 0.25) is 5.91 Å². The molecular formula is C12H24N2O. The minimum Gasteiger partial charge on any atom is -0.354 e. The molecule has 1 fully saturated rings. The van der Waals surface area contributed by atoms with Crippen LogP contribution in [0.5, 0.6) is 0 Å². The number of nitrogens with two attached hydrogens (primary N) is 1. The third-order valence-corrected chi connectivity index (χ3v) is 3.55. The van der Waals surface area contributed by atoms with E-state index >= 15 is 0 Å². The lowest BCUT2D eigenvalue weighted by Crippen LogP contribution is -2.44. The summed E-state index contributed by atoms with van der Waals surface area (Å²) in [5.41, 5.74) is 5.65. The Morgan fingerprint density at radius 2 is 2.00 bits per heavy atom. The van der Waals surface area contributed by atoms with Crippen LogP contribution in [0.1, 0.15) is 52.4 Å². The van der Waals surface area contributed by atoms with Gasteiger partial charge in [-0.15, -0.1) is 0 Å². The van der Waals surface area contributed by atoms with Gasteiger partial charge in [0, 0.05) is 18.0 Å². The van der Waals surface area contributed by atoms with Gasteiger partial charge in [-0.1, -0.05) is 33.1 Å². The SMILES string of the molecule is CCC(N)CNC(=O)C1(C)CCCCC1. The Kier molecular flexibility index (Phi) is 4.58. The summed E-state index contributed by atoms with van der Waals surface area (Å²) >= 11 is 0. The molecule has 1 saturated carbocycles. The lowest BCUT2D eigenvalue weighted by atomic mass is 9.75. The van der Waals surface area contributed by atoms with Crippen LogP contribution in [-0.4, -0.2) is 18.5 Å². The molecule has 1 unspecified atom stereocenters. The van der Waals surface area contributed by atoms with Crippen molar-refractivity contribution >= 4 is 5.91 Å². The van der Waals surface area contributed by atoms with E-state index in [1.807, 2.05) is 6.92 Å². The summed E-state index contributed by atoms with van der Waals surface area (Å²) in [4.78, 5) is 12.0. The Bertz CT molecular complexity index is 210. The summed E-state index contributed by atoms with van der Waals surface area (Å²) < 4.78 is 0. The van der Waals surface area contributed by atoms with Crippen LogP contribution in [-0.2, 0) is 4.79 Å². The molecule has 3 nitrogen and oxygen atoms in total. The summed E-state index contributed by atoms with van der Waals surface area (Å²) in [5.74, 6) is 0.200. The molecule has 0 aliphatic heterocycles. The molecule has 0 bridgehead atoms. The average Bonchev–Trinajstić information content (AvgIpc) is 2.26. The van der Waals surface area contributed by atoms with E-state index in [2.05, 4.69) is 12.2 Å². The minimum absolute atomic E-state index is 0.0983. The first-order valence-corrected chi connectivity index (χ1v) is 6.12. The van der Waals surface area contributed by atoms with Crippen LogP contribution in [0.3, 0.4) is 0 Å². The zero-order valence-corrected chi connectivity index (χ0v) is 10.0. The second kappa shape index (κ2) is 5.50. The normalized spacial score (nSPS) is 22.1. The molecule has 0 saturated heterocycles. The molecule has 0 aromatic heterocycles. The van der Waals surface area contributed by atoms with Crippen molar-refractivity contribution in [2.45, 2.75) is 58.4 Å². The minimum atomic E-state index is -0.133. The Morgan fingerprint density at radius 1 is 1.40 bits per heavy atom. The number of nitrogens with one attached hydrogen (secondary N) is 1. The van der Waals surface area contributed by atoms with Crippen molar-refractivity contribution in [3.8, 4) is 0 Å². The number of hydrogen-bond donors (Lipinski definition) is 2. The molecule has 0 spiro atoms. The fourth-order valence-electron chi connectivity index (χ4n) is 2.14. The van der Waals surface area contributed by atoms with Crippen molar-refractivity contribution in [1.82, 2.24) is 5.32 Å². The molecule has 88 valence electrons. The van der Waals surface area contributed by atoms with Gasteiger partial charge in [0.25, 0.3) is 0 Å². The predicted molar refractivity (Wildman–Crippen MR) is 62.5 cm³/mol. The highest BCUT2D eigenvalue weighted by atomic mass is 16.2. The highest BCUT2D eigenvalue weighted by Crippen LogP contribution is 2.35. The maximum atomic E-state index is 12.0. The van der Waals surface area contributed by atoms with Crippen molar-refractivity contribution in [3.05, 3.63) is 0 Å². The molecule has 0 aromatic rings. The number of hydrogen-bond acceptors (Lipinski definition) is 2. The predicted octanol–water partition coefficient (Wildman–Crippen LogP) is 1.81. The van der Waals surface area contributed by atoms with Gasteiger partial charge in [-0.05, 0) is 19.3 Å². The van der Waals surface area contributed by atoms with E-state index in [9.17, 15) is 4.79 Å². The van der Waals surface area contributed by atoms with Crippen LogP contribution in [0.15, 0.2) is 0 Å². The second-order valence-electron chi connectivity index (χ2n) is 5.00. The van der Waals surface area contributed by atoms with E-state index in [4.69, 9.17) is 5.73 Å². The Hall–Kier alpha value is -0.570. The van der Waals surface area contributed by atoms with E-state index < -0.39 is 0 Å². The van der Waals surface area contributed by atoms with Crippen LogP contribution in [0, 0.1) is 5.41 Å². The monoisotopic (exact) mass is 212 g/mol. The van der Waals surface area contributed by atoms with Crippen molar-refractivity contribution in [2.24, 2.45) is 11.1 Å². The Morgan fingerprint density at radius 3 is 2.53 bits per heavy atom. The lowest BCUT2D eigenvalue weighted by Gasteiger charge is -2.32. The number of carbonyl (C=O) groups is 1. The number of amides is 1. The number of rotatable bonds is 4. The van der Waals surface area contributed by atoms with Crippen LogP contribution >= 0.6 is 0 Å². The molecule has 1 aliphatic carbocycles. The quantitative estimate of drug-likeness (QED) is 0.746. The smallest absolute Gasteiger partial charge is 0.225 e. The summed E-state index contributed by atoms with van der Waals surface area (Å²) in [7, 11) is 0. The summed E-state index contributed by atoms with van der Waals surface area (Å²) in [5, 5.41) is 2.98. The van der Waals surface area contributed by atoms with Crippen molar-refractivity contribution < 1.29 is 4.79 Å². The molecule has 3 heteroatoms. The van der Waals surface area contributed by atoms with E-state index in [0.29, 0.717) is 6.54 Å². The lowest BCUT2D eigenvalue weighted by molar-refractivity contribution is -0.131. The first kappa shape index (κ1) is 12.5. The Balaban J connectivity index is 2.37. The fourth-order valence-corrected chi connectivity index (χ4v) is 2.14. The van der Waals surface area contributed by atoms with Gasteiger partial charge in [-0.3, -0.25) is 4.79 Å². The maximum absolute atomic E-state index is 12.0. The molecule has 1 amide bonds. The Labute approximate surface area is 92.8 Å². The van der Waals surface area contributed by atoms with Gasteiger partial charge in [0.1, 0.15) is 0 Å². The standard InChI is InChI=1S/C12H24N2O/c1-3-10(13)9-14-11(15)12(2)7-5-4-6-8-12/h10H,3-9,13H2,1-2H3,(H,14,15). The molecule has 0 heterocycles. The number of carbonyl (C=O) groups excluding carboxylic acids is 1. The van der Waals surface area contributed by atoms with E-state index in [0.717, 1.165) is 19.3 Å². The van der Waals surface area contributed by atoms with Gasteiger partial charge in [0.15, 0.2) is 0 Å². The largest absolute Gasteiger partial charge is 0.354 e. The van der Waals surface area contributed by atoms with Crippen LogP contribution in [0.25, 0.3) is 0 Å². The summed E-state index contributed by atoms with van der Waals surface area (Å²) in [6.07, 6.45) is 6.61. The van der Waals surface area contributed by atoms with Gasteiger partial charge in [-0.2, -0.15) is 0 Å². The van der Waals surface area contributed by atoms with E-state index in [1.165, 1.54) is 19.3 Å². The first-order valence-electron chi connectivity index (χ1n) is 6.12. The highest BCUT2D eigenvalue weighted by Gasteiger charge is 2.34. The zero-order chi connectivity index (χ0) is 11.3. The second-order valence-corrected chi connectivity index (χ2v) is 5.00. The fraction of sp³-hybridized carbons (Fsp3) is 0.917. The van der Waals surface area contributed by atoms with E-state index in [-0.39, 0.29) is 17.4 Å². The summed E-state index contributed by atoms with van der Waals surface area (Å²) in [6.45, 7) is 4.74. The molecular weight excluding hydrogens is 188 g/mol. The molecule has 0 aromatic carbocycles. The van der Waals surface area contributed by atoms with E-state index in [1.54, 1.807) is 0 Å². The first-order chi connectivity index (χ1) is 7.08. The molecule has 3 N–H and O–H groups in total. The van der Waals surface area contributed by atoms with Gasteiger partial charge < -0.3 is 11.1 Å². The molecule has 1 rings (SSSR count). The van der Waals surface area contributed by atoms with Crippen LogP contribution in [0.2, 0.25) is 0 Å².